The smallest absolute Gasteiger partial charge is 0.191 e. The highest BCUT2D eigenvalue weighted by atomic mass is 35.5. The number of guanidine groups is 1. The standard InChI is InChI=1S/C17H24ClN5O/c1-3-19-16(21-12-17(2)7-4-8-24-17)20-9-14-11-23-10-13(18)5-6-15(23)22-14/h5-6,10-11H,3-4,7-9,12H2,1-2H3,(H2,19,20,21). The van der Waals surface area contributed by atoms with Gasteiger partial charge < -0.3 is 19.8 Å². The Balaban J connectivity index is 1.65. The summed E-state index contributed by atoms with van der Waals surface area (Å²) in [5, 5.41) is 7.33. The predicted molar refractivity (Wildman–Crippen MR) is 96.6 cm³/mol. The third kappa shape index (κ3) is 4.19. The lowest BCUT2D eigenvalue weighted by molar-refractivity contribution is 0.0243. The zero-order chi connectivity index (χ0) is 17.0. The topological polar surface area (TPSA) is 63.0 Å². The first-order valence-corrected chi connectivity index (χ1v) is 8.75. The fourth-order valence-electron chi connectivity index (χ4n) is 2.84. The predicted octanol–water partition coefficient (Wildman–Crippen LogP) is 2.61. The van der Waals surface area contributed by atoms with Crippen LogP contribution in [0.1, 0.15) is 32.4 Å². The normalized spacial score (nSPS) is 21.4. The van der Waals surface area contributed by atoms with Crippen LogP contribution in [0.3, 0.4) is 0 Å². The molecule has 1 aliphatic rings. The number of nitrogens with one attached hydrogen (secondary N) is 2. The van der Waals surface area contributed by atoms with E-state index in [9.17, 15) is 0 Å². The lowest BCUT2D eigenvalue weighted by Crippen LogP contribution is -2.45. The molecule has 2 aromatic rings. The molecule has 130 valence electrons. The van der Waals surface area contributed by atoms with Crippen LogP contribution in [0.5, 0.6) is 0 Å². The van der Waals surface area contributed by atoms with E-state index in [0.717, 1.165) is 49.8 Å². The Hall–Kier alpha value is -1.79. The van der Waals surface area contributed by atoms with Gasteiger partial charge in [0.2, 0.25) is 0 Å². The van der Waals surface area contributed by atoms with E-state index >= 15 is 0 Å². The van der Waals surface area contributed by atoms with Crippen LogP contribution in [0.15, 0.2) is 29.5 Å². The van der Waals surface area contributed by atoms with E-state index in [1.54, 1.807) is 0 Å². The average Bonchev–Trinajstić information content (AvgIpc) is 3.16. The zero-order valence-electron chi connectivity index (χ0n) is 14.2. The largest absolute Gasteiger partial charge is 0.373 e. The number of hydrogen-bond donors (Lipinski definition) is 2. The van der Waals surface area contributed by atoms with Crippen LogP contribution in [0.2, 0.25) is 5.02 Å². The third-order valence-electron chi connectivity index (χ3n) is 4.14. The fourth-order valence-corrected chi connectivity index (χ4v) is 3.01. The van der Waals surface area contributed by atoms with E-state index < -0.39 is 0 Å². The van der Waals surface area contributed by atoms with Gasteiger partial charge in [0, 0.05) is 32.1 Å². The summed E-state index contributed by atoms with van der Waals surface area (Å²) in [5.41, 5.74) is 1.67. The van der Waals surface area contributed by atoms with Crippen molar-refractivity contribution in [2.24, 2.45) is 4.99 Å². The number of halogens is 1. The lowest BCUT2D eigenvalue weighted by Gasteiger charge is -2.24. The van der Waals surface area contributed by atoms with Gasteiger partial charge in [-0.05, 0) is 38.8 Å². The summed E-state index contributed by atoms with van der Waals surface area (Å²) >= 11 is 6.01. The molecule has 7 heteroatoms. The van der Waals surface area contributed by atoms with Crippen molar-refractivity contribution in [3.63, 3.8) is 0 Å². The summed E-state index contributed by atoms with van der Waals surface area (Å²) in [7, 11) is 0. The van der Waals surface area contributed by atoms with E-state index in [4.69, 9.17) is 16.3 Å². The second-order valence-corrected chi connectivity index (χ2v) is 6.73. The summed E-state index contributed by atoms with van der Waals surface area (Å²) in [6, 6.07) is 3.74. The summed E-state index contributed by atoms with van der Waals surface area (Å²) in [5.74, 6) is 0.782. The van der Waals surface area contributed by atoms with Crippen molar-refractivity contribution in [3.8, 4) is 0 Å². The van der Waals surface area contributed by atoms with Crippen LogP contribution < -0.4 is 10.6 Å². The van der Waals surface area contributed by atoms with Gasteiger partial charge in [0.1, 0.15) is 5.65 Å². The summed E-state index contributed by atoms with van der Waals surface area (Å²) in [6.45, 7) is 7.10. The van der Waals surface area contributed by atoms with Gasteiger partial charge in [0.15, 0.2) is 5.96 Å². The van der Waals surface area contributed by atoms with Gasteiger partial charge in [-0.2, -0.15) is 0 Å². The Morgan fingerprint density at radius 1 is 1.42 bits per heavy atom. The fraction of sp³-hybridized carbons (Fsp3) is 0.529. The molecule has 0 radical (unpaired) electrons. The molecule has 0 amide bonds. The van der Waals surface area contributed by atoms with Crippen molar-refractivity contribution in [2.75, 3.05) is 19.7 Å². The molecule has 0 spiro atoms. The highest BCUT2D eigenvalue weighted by molar-refractivity contribution is 6.30. The van der Waals surface area contributed by atoms with Gasteiger partial charge in [0.05, 0.1) is 22.9 Å². The minimum Gasteiger partial charge on any atom is -0.373 e. The lowest BCUT2D eigenvalue weighted by atomic mass is 10.0. The van der Waals surface area contributed by atoms with E-state index in [1.165, 1.54) is 0 Å². The molecule has 6 nitrogen and oxygen atoms in total. The van der Waals surface area contributed by atoms with Crippen LogP contribution in [0, 0.1) is 0 Å². The first-order valence-electron chi connectivity index (χ1n) is 8.37. The number of hydrogen-bond acceptors (Lipinski definition) is 3. The molecule has 3 heterocycles. The van der Waals surface area contributed by atoms with Gasteiger partial charge in [-0.25, -0.2) is 9.98 Å². The van der Waals surface area contributed by atoms with Gasteiger partial charge in [-0.1, -0.05) is 11.6 Å². The number of aromatic nitrogens is 2. The maximum atomic E-state index is 6.01. The zero-order valence-corrected chi connectivity index (χ0v) is 14.9. The van der Waals surface area contributed by atoms with Crippen molar-refractivity contribution < 1.29 is 4.74 Å². The first-order chi connectivity index (χ1) is 11.6. The Labute approximate surface area is 147 Å². The number of pyridine rings is 1. The van der Waals surface area contributed by atoms with Gasteiger partial charge in [-0.3, -0.25) is 0 Å². The van der Waals surface area contributed by atoms with Crippen molar-refractivity contribution in [2.45, 2.75) is 38.8 Å². The van der Waals surface area contributed by atoms with E-state index in [0.29, 0.717) is 11.6 Å². The van der Waals surface area contributed by atoms with Crippen LogP contribution >= 0.6 is 11.6 Å². The molecular weight excluding hydrogens is 326 g/mol. The monoisotopic (exact) mass is 349 g/mol. The van der Waals surface area contributed by atoms with Crippen LogP contribution in [-0.2, 0) is 11.3 Å². The highest BCUT2D eigenvalue weighted by Gasteiger charge is 2.29. The van der Waals surface area contributed by atoms with Crippen molar-refractivity contribution in [3.05, 3.63) is 35.2 Å². The molecular formula is C17H24ClN5O. The highest BCUT2D eigenvalue weighted by Crippen LogP contribution is 2.23. The molecule has 2 aromatic heterocycles. The number of fused-ring (bicyclic) bond motifs is 1. The Morgan fingerprint density at radius 2 is 2.29 bits per heavy atom. The molecule has 1 saturated heterocycles. The number of imidazole rings is 1. The van der Waals surface area contributed by atoms with Crippen molar-refractivity contribution in [1.29, 1.82) is 0 Å². The Kier molecular flexibility index (Phi) is 5.26. The second kappa shape index (κ2) is 7.40. The van der Waals surface area contributed by atoms with Crippen molar-refractivity contribution >= 4 is 23.2 Å². The van der Waals surface area contributed by atoms with E-state index in [-0.39, 0.29) is 5.60 Å². The molecule has 0 saturated carbocycles. The first kappa shape index (κ1) is 17.0. The average molecular weight is 350 g/mol. The minimum absolute atomic E-state index is 0.101. The number of nitrogens with zero attached hydrogens (tertiary/aromatic N) is 3. The van der Waals surface area contributed by atoms with Crippen LogP contribution in [-0.4, -0.2) is 40.6 Å². The molecule has 1 atom stereocenters. The molecule has 0 aromatic carbocycles. The minimum atomic E-state index is -0.101. The number of aliphatic imine (C=N–C) groups is 1. The summed E-state index contributed by atoms with van der Waals surface area (Å²) in [6.07, 6.45) is 6.00. The summed E-state index contributed by atoms with van der Waals surface area (Å²) < 4.78 is 7.73. The van der Waals surface area contributed by atoms with Crippen LogP contribution in [0.4, 0.5) is 0 Å². The SMILES string of the molecule is CCNC(=NCc1cn2cc(Cl)ccc2n1)NCC1(C)CCCO1. The van der Waals surface area contributed by atoms with Crippen molar-refractivity contribution in [1.82, 2.24) is 20.0 Å². The molecule has 1 fully saturated rings. The summed E-state index contributed by atoms with van der Waals surface area (Å²) in [4.78, 5) is 9.18. The molecule has 3 rings (SSSR count). The third-order valence-corrected chi connectivity index (χ3v) is 4.36. The van der Waals surface area contributed by atoms with Gasteiger partial charge in [-0.15, -0.1) is 0 Å². The van der Waals surface area contributed by atoms with Gasteiger partial charge >= 0.3 is 0 Å². The second-order valence-electron chi connectivity index (χ2n) is 6.30. The number of ether oxygens (including phenoxy) is 1. The molecule has 24 heavy (non-hydrogen) atoms. The van der Waals surface area contributed by atoms with E-state index in [1.807, 2.05) is 28.9 Å². The van der Waals surface area contributed by atoms with E-state index in [2.05, 4.69) is 34.5 Å². The van der Waals surface area contributed by atoms with Crippen LogP contribution in [0.25, 0.3) is 5.65 Å². The molecule has 0 aliphatic carbocycles. The molecule has 0 bridgehead atoms. The molecule has 1 unspecified atom stereocenters. The number of rotatable bonds is 5. The molecule has 2 N–H and O–H groups in total. The maximum absolute atomic E-state index is 6.01. The quantitative estimate of drug-likeness (QED) is 0.643. The molecule has 1 aliphatic heterocycles. The Morgan fingerprint density at radius 3 is 3.04 bits per heavy atom. The Bertz CT molecular complexity index is 721. The maximum Gasteiger partial charge on any atom is 0.191 e. The van der Waals surface area contributed by atoms with Gasteiger partial charge in [0.25, 0.3) is 0 Å².